The Morgan fingerprint density at radius 1 is 0.968 bits per heavy atom. The van der Waals surface area contributed by atoms with Crippen molar-refractivity contribution in [2.24, 2.45) is 0 Å². The van der Waals surface area contributed by atoms with E-state index in [1.54, 1.807) is 18.2 Å². The number of rotatable bonds is 5. The fraction of sp³-hybridized carbons (Fsp3) is 0.231. The lowest BCUT2D eigenvalue weighted by atomic mass is 9.97. The Hall–Kier alpha value is -3.11. The predicted molar refractivity (Wildman–Crippen MR) is 122 cm³/mol. The van der Waals surface area contributed by atoms with Crippen LogP contribution in [-0.2, 0) is 11.2 Å². The Morgan fingerprint density at radius 2 is 1.65 bits per heavy atom. The monoisotopic (exact) mass is 433 g/mol. The van der Waals surface area contributed by atoms with Crippen LogP contribution in [0.4, 0.5) is 0 Å². The Bertz CT molecular complexity index is 1110. The van der Waals surface area contributed by atoms with Crippen LogP contribution < -0.4 is 0 Å². The molecule has 1 heterocycles. The minimum Gasteiger partial charge on any atom is -0.480 e. The summed E-state index contributed by atoms with van der Waals surface area (Å²) in [6, 6.07) is 21.7. The quantitative estimate of drug-likeness (QED) is 0.536. The van der Waals surface area contributed by atoms with E-state index in [-0.39, 0.29) is 11.9 Å². The van der Waals surface area contributed by atoms with E-state index in [4.69, 9.17) is 11.6 Å². The number of carbonyl (C=O) groups is 2. The Balaban J connectivity index is 1.67. The molecule has 0 radical (unpaired) electrons. The highest BCUT2D eigenvalue weighted by atomic mass is 35.5. The number of hydrogen-bond donors (Lipinski definition) is 1. The van der Waals surface area contributed by atoms with E-state index >= 15 is 0 Å². The number of hydrogen-bond acceptors (Lipinski definition) is 2. The summed E-state index contributed by atoms with van der Waals surface area (Å²) in [5, 5.41) is 10.3. The summed E-state index contributed by atoms with van der Waals surface area (Å²) < 4.78 is 0. The van der Waals surface area contributed by atoms with E-state index in [0.717, 1.165) is 23.1 Å². The Labute approximate surface area is 187 Å². The number of benzene rings is 3. The molecule has 31 heavy (non-hydrogen) atoms. The third kappa shape index (κ3) is 4.08. The molecule has 0 bridgehead atoms. The first kappa shape index (κ1) is 21.1. The summed E-state index contributed by atoms with van der Waals surface area (Å²) in [6.45, 7) is 2.12. The van der Waals surface area contributed by atoms with E-state index in [0.29, 0.717) is 23.4 Å². The molecule has 1 N–H and O–H groups in total. The Kier molecular flexibility index (Phi) is 6.10. The molecule has 0 spiro atoms. The molecule has 0 saturated carbocycles. The molecule has 2 atom stereocenters. The second-order valence-electron chi connectivity index (χ2n) is 7.77. The molecule has 4 nitrogen and oxygen atoms in total. The van der Waals surface area contributed by atoms with Gasteiger partial charge in [-0.25, -0.2) is 4.79 Å². The first-order chi connectivity index (χ1) is 15.0. The fourth-order valence-electron chi connectivity index (χ4n) is 4.44. The van der Waals surface area contributed by atoms with Gasteiger partial charge in [0.2, 0.25) is 0 Å². The smallest absolute Gasteiger partial charge is 0.326 e. The van der Waals surface area contributed by atoms with Gasteiger partial charge in [0.1, 0.15) is 6.04 Å². The van der Waals surface area contributed by atoms with E-state index in [9.17, 15) is 14.7 Å². The van der Waals surface area contributed by atoms with Crippen LogP contribution in [-0.4, -0.2) is 27.9 Å². The van der Waals surface area contributed by atoms with Crippen LogP contribution in [0.15, 0.2) is 72.8 Å². The van der Waals surface area contributed by atoms with Gasteiger partial charge in [-0.2, -0.15) is 0 Å². The molecule has 0 unspecified atom stereocenters. The van der Waals surface area contributed by atoms with Gasteiger partial charge in [0, 0.05) is 10.6 Å². The van der Waals surface area contributed by atoms with Crippen LogP contribution in [0.5, 0.6) is 0 Å². The molecule has 0 aliphatic carbocycles. The van der Waals surface area contributed by atoms with E-state index < -0.39 is 12.0 Å². The van der Waals surface area contributed by atoms with Gasteiger partial charge in [0.25, 0.3) is 5.91 Å². The molecule has 1 aliphatic rings. The molecular formula is C26H24ClNO3. The average molecular weight is 434 g/mol. The second-order valence-corrected chi connectivity index (χ2v) is 8.18. The van der Waals surface area contributed by atoms with Crippen molar-refractivity contribution in [3.8, 4) is 11.1 Å². The SMILES string of the molecule is CCc1ccccc1-c1ccc(C(=O)N2[C@@H](c3ccccc3Cl)CC[C@H]2C(=O)O)cc1. The molecule has 1 aliphatic heterocycles. The zero-order valence-electron chi connectivity index (χ0n) is 17.3. The molecule has 1 amide bonds. The molecule has 1 saturated heterocycles. The molecular weight excluding hydrogens is 410 g/mol. The third-order valence-electron chi connectivity index (χ3n) is 6.01. The van der Waals surface area contributed by atoms with Crippen molar-refractivity contribution in [3.05, 3.63) is 94.5 Å². The van der Waals surface area contributed by atoms with E-state index in [1.807, 2.05) is 42.5 Å². The van der Waals surface area contributed by atoms with Gasteiger partial charge < -0.3 is 10.0 Å². The summed E-state index contributed by atoms with van der Waals surface area (Å²) in [5.74, 6) is -1.28. The standard InChI is InChI=1S/C26H24ClNO3/c1-2-17-7-3-4-8-20(17)18-11-13-19(14-12-18)25(29)28-23(15-16-24(28)26(30)31)21-9-5-6-10-22(21)27/h3-14,23-24H,2,15-16H2,1H3,(H,30,31)/t23-,24+/m1/s1. The zero-order valence-corrected chi connectivity index (χ0v) is 18.0. The molecule has 5 heteroatoms. The first-order valence-corrected chi connectivity index (χ1v) is 10.9. The highest BCUT2D eigenvalue weighted by Gasteiger charge is 2.42. The number of likely N-dealkylation sites (tertiary alicyclic amines) is 1. The number of halogens is 1. The van der Waals surface area contributed by atoms with Crippen molar-refractivity contribution in [2.45, 2.75) is 38.3 Å². The topological polar surface area (TPSA) is 57.6 Å². The number of nitrogens with zero attached hydrogens (tertiary/aromatic N) is 1. The summed E-state index contributed by atoms with van der Waals surface area (Å²) in [7, 11) is 0. The number of aryl methyl sites for hydroxylation is 1. The van der Waals surface area contributed by atoms with Crippen molar-refractivity contribution in [2.75, 3.05) is 0 Å². The second kappa shape index (κ2) is 8.94. The van der Waals surface area contributed by atoms with Gasteiger partial charge in [0.15, 0.2) is 0 Å². The predicted octanol–water partition coefficient (Wildman–Crippen LogP) is 6.00. The highest BCUT2D eigenvalue weighted by Crippen LogP contribution is 2.40. The van der Waals surface area contributed by atoms with Gasteiger partial charge in [0.05, 0.1) is 6.04 Å². The van der Waals surface area contributed by atoms with Gasteiger partial charge in [-0.3, -0.25) is 4.79 Å². The van der Waals surface area contributed by atoms with E-state index in [2.05, 4.69) is 19.1 Å². The van der Waals surface area contributed by atoms with E-state index in [1.165, 1.54) is 10.5 Å². The summed E-state index contributed by atoms with van der Waals surface area (Å²) in [6.07, 6.45) is 1.89. The van der Waals surface area contributed by atoms with Gasteiger partial charge >= 0.3 is 5.97 Å². The summed E-state index contributed by atoms with van der Waals surface area (Å²) in [4.78, 5) is 26.8. The minimum atomic E-state index is -0.989. The number of carbonyl (C=O) groups excluding carboxylic acids is 1. The normalized spacial score (nSPS) is 18.2. The van der Waals surface area contributed by atoms with Crippen LogP contribution >= 0.6 is 11.6 Å². The van der Waals surface area contributed by atoms with Gasteiger partial charge in [-0.1, -0.05) is 73.1 Å². The molecule has 3 aromatic rings. The van der Waals surface area contributed by atoms with Crippen molar-refractivity contribution < 1.29 is 14.7 Å². The number of amides is 1. The van der Waals surface area contributed by atoms with Crippen molar-refractivity contribution in [1.82, 2.24) is 4.90 Å². The molecule has 4 rings (SSSR count). The largest absolute Gasteiger partial charge is 0.480 e. The maximum atomic E-state index is 13.4. The van der Waals surface area contributed by atoms with Crippen molar-refractivity contribution in [1.29, 1.82) is 0 Å². The van der Waals surface area contributed by atoms with Crippen LogP contribution in [0.1, 0.15) is 47.3 Å². The molecule has 1 fully saturated rings. The number of carboxylic acids is 1. The van der Waals surface area contributed by atoms with Crippen LogP contribution in [0.25, 0.3) is 11.1 Å². The van der Waals surface area contributed by atoms with Crippen molar-refractivity contribution in [3.63, 3.8) is 0 Å². The lowest BCUT2D eigenvalue weighted by Gasteiger charge is -2.29. The third-order valence-corrected chi connectivity index (χ3v) is 6.35. The number of carboxylic acid groups (broad SMARTS) is 1. The maximum absolute atomic E-state index is 13.4. The first-order valence-electron chi connectivity index (χ1n) is 10.5. The van der Waals surface area contributed by atoms with Crippen molar-refractivity contribution >= 4 is 23.5 Å². The fourth-order valence-corrected chi connectivity index (χ4v) is 4.70. The van der Waals surface area contributed by atoms with Gasteiger partial charge in [-0.05, 0) is 59.7 Å². The minimum absolute atomic E-state index is 0.287. The molecule has 158 valence electrons. The molecule has 0 aromatic heterocycles. The summed E-state index contributed by atoms with van der Waals surface area (Å²) >= 11 is 6.38. The Morgan fingerprint density at radius 3 is 2.32 bits per heavy atom. The van der Waals surface area contributed by atoms with Crippen LogP contribution in [0.3, 0.4) is 0 Å². The zero-order chi connectivity index (χ0) is 22.0. The lowest BCUT2D eigenvalue weighted by molar-refractivity contribution is -0.141. The van der Waals surface area contributed by atoms with Crippen LogP contribution in [0, 0.1) is 0 Å². The molecule has 3 aromatic carbocycles. The van der Waals surface area contributed by atoms with Crippen LogP contribution in [0.2, 0.25) is 5.02 Å². The maximum Gasteiger partial charge on any atom is 0.326 e. The highest BCUT2D eigenvalue weighted by molar-refractivity contribution is 6.31. The lowest BCUT2D eigenvalue weighted by Crippen LogP contribution is -2.41. The summed E-state index contributed by atoms with van der Waals surface area (Å²) in [5.41, 5.74) is 4.68. The van der Waals surface area contributed by atoms with Gasteiger partial charge in [-0.15, -0.1) is 0 Å². The number of aliphatic carboxylic acids is 1. The average Bonchev–Trinajstić information content (AvgIpc) is 3.24.